The summed E-state index contributed by atoms with van der Waals surface area (Å²) in [6, 6.07) is 7.63. The minimum Gasteiger partial charge on any atom is -0.370 e. The normalized spacial score (nSPS) is 10.6. The highest BCUT2D eigenvalue weighted by Crippen LogP contribution is 2.17. The first-order valence-electron chi connectivity index (χ1n) is 6.16. The van der Waals surface area contributed by atoms with Crippen LogP contribution in [0.25, 0.3) is 0 Å². The van der Waals surface area contributed by atoms with Crippen molar-refractivity contribution >= 4 is 28.1 Å². The Hall–Kier alpha value is -1.17. The van der Waals surface area contributed by atoms with Gasteiger partial charge in [0.1, 0.15) is 11.6 Å². The van der Waals surface area contributed by atoms with Gasteiger partial charge < -0.3 is 10.1 Å². The molecular formula is C13H16ClN3OS. The van der Waals surface area contributed by atoms with Crippen molar-refractivity contribution in [3.05, 3.63) is 39.9 Å². The van der Waals surface area contributed by atoms with Gasteiger partial charge in [-0.25, -0.2) is 0 Å². The molecule has 0 aliphatic carbocycles. The van der Waals surface area contributed by atoms with E-state index in [4.69, 9.17) is 16.3 Å². The van der Waals surface area contributed by atoms with Gasteiger partial charge in [-0.1, -0.05) is 42.0 Å². The summed E-state index contributed by atoms with van der Waals surface area (Å²) < 4.78 is 5.60. The van der Waals surface area contributed by atoms with Crippen molar-refractivity contribution in [1.82, 2.24) is 10.2 Å². The Morgan fingerprint density at radius 3 is 2.74 bits per heavy atom. The number of nitrogens with zero attached hydrogens (tertiary/aromatic N) is 2. The summed E-state index contributed by atoms with van der Waals surface area (Å²) in [6.45, 7) is 4.06. The molecular weight excluding hydrogens is 282 g/mol. The van der Waals surface area contributed by atoms with Crippen LogP contribution >= 0.6 is 22.9 Å². The second-order valence-corrected chi connectivity index (χ2v) is 5.55. The molecule has 2 rings (SSSR count). The zero-order valence-electron chi connectivity index (χ0n) is 10.7. The molecule has 0 spiro atoms. The van der Waals surface area contributed by atoms with Crippen molar-refractivity contribution in [3.8, 4) is 0 Å². The van der Waals surface area contributed by atoms with Gasteiger partial charge in [0.05, 0.1) is 6.61 Å². The van der Waals surface area contributed by atoms with Crippen LogP contribution in [-0.4, -0.2) is 16.7 Å². The Morgan fingerprint density at radius 1 is 1.21 bits per heavy atom. The number of halogens is 1. The Bertz CT molecular complexity index is 501. The van der Waals surface area contributed by atoms with Gasteiger partial charge in [0, 0.05) is 11.6 Å². The van der Waals surface area contributed by atoms with E-state index >= 15 is 0 Å². The highest BCUT2D eigenvalue weighted by atomic mass is 35.5. The van der Waals surface area contributed by atoms with Gasteiger partial charge >= 0.3 is 0 Å². The topological polar surface area (TPSA) is 47.0 Å². The summed E-state index contributed by atoms with van der Waals surface area (Å²) in [5.41, 5.74) is 1.10. The highest BCUT2D eigenvalue weighted by Gasteiger charge is 2.03. The van der Waals surface area contributed by atoms with Crippen LogP contribution in [0.5, 0.6) is 0 Å². The molecule has 0 aliphatic heterocycles. The summed E-state index contributed by atoms with van der Waals surface area (Å²) >= 11 is 7.35. The summed E-state index contributed by atoms with van der Waals surface area (Å²) in [5.74, 6) is 0. The van der Waals surface area contributed by atoms with Crippen molar-refractivity contribution < 1.29 is 4.74 Å². The second kappa shape index (κ2) is 7.43. The summed E-state index contributed by atoms with van der Waals surface area (Å²) in [5, 5.41) is 13.8. The lowest BCUT2D eigenvalue weighted by molar-refractivity contribution is 0.106. The lowest BCUT2D eigenvalue weighted by atomic mass is 10.2. The summed E-state index contributed by atoms with van der Waals surface area (Å²) in [7, 11) is 0. The minimum absolute atomic E-state index is 0.480. The van der Waals surface area contributed by atoms with E-state index in [-0.39, 0.29) is 0 Å². The highest BCUT2D eigenvalue weighted by molar-refractivity contribution is 7.15. The lowest BCUT2D eigenvalue weighted by Crippen LogP contribution is -1.98. The molecule has 1 heterocycles. The summed E-state index contributed by atoms with van der Waals surface area (Å²) in [6.07, 6.45) is 1.07. The van der Waals surface area contributed by atoms with E-state index in [1.54, 1.807) is 0 Å². The van der Waals surface area contributed by atoms with Gasteiger partial charge in [-0.15, -0.1) is 10.2 Å². The number of anilines is 1. The monoisotopic (exact) mass is 297 g/mol. The van der Waals surface area contributed by atoms with Crippen LogP contribution < -0.4 is 5.32 Å². The van der Waals surface area contributed by atoms with Gasteiger partial charge in [0.2, 0.25) is 5.13 Å². The van der Waals surface area contributed by atoms with E-state index in [2.05, 4.69) is 22.4 Å². The smallest absolute Gasteiger partial charge is 0.205 e. The average Bonchev–Trinajstić information content (AvgIpc) is 2.87. The van der Waals surface area contributed by atoms with E-state index in [9.17, 15) is 0 Å². The van der Waals surface area contributed by atoms with Crippen LogP contribution in [0.4, 0.5) is 5.13 Å². The lowest BCUT2D eigenvalue weighted by Gasteiger charge is -2.02. The van der Waals surface area contributed by atoms with Gasteiger partial charge in [-0.05, 0) is 24.1 Å². The number of hydrogen-bond donors (Lipinski definition) is 1. The van der Waals surface area contributed by atoms with E-state index in [1.165, 1.54) is 11.3 Å². The first-order chi connectivity index (χ1) is 9.28. The molecule has 1 N–H and O–H groups in total. The molecule has 0 saturated carbocycles. The van der Waals surface area contributed by atoms with Gasteiger partial charge in [-0.2, -0.15) is 0 Å². The van der Waals surface area contributed by atoms with Crippen molar-refractivity contribution in [2.45, 2.75) is 26.6 Å². The van der Waals surface area contributed by atoms with Crippen molar-refractivity contribution in [3.63, 3.8) is 0 Å². The standard InChI is InChI=1S/C13H16ClN3OS/c1-2-7-15-13-17-16-12(19-13)9-18-8-10-3-5-11(14)6-4-10/h3-6H,2,7-9H2,1H3,(H,15,17). The fourth-order valence-electron chi connectivity index (χ4n) is 1.45. The van der Waals surface area contributed by atoms with Crippen molar-refractivity contribution in [2.75, 3.05) is 11.9 Å². The third-order valence-corrected chi connectivity index (χ3v) is 3.51. The molecule has 0 atom stereocenters. The van der Waals surface area contributed by atoms with E-state index in [1.807, 2.05) is 24.3 Å². The maximum absolute atomic E-state index is 5.82. The SMILES string of the molecule is CCCNc1nnc(COCc2ccc(Cl)cc2)s1. The molecule has 1 aromatic carbocycles. The molecule has 0 aliphatic rings. The number of benzene rings is 1. The molecule has 0 unspecified atom stereocenters. The van der Waals surface area contributed by atoms with Crippen LogP contribution in [0.3, 0.4) is 0 Å². The van der Waals surface area contributed by atoms with Crippen LogP contribution in [-0.2, 0) is 18.0 Å². The molecule has 0 fully saturated rings. The maximum atomic E-state index is 5.82. The fourth-order valence-corrected chi connectivity index (χ4v) is 2.28. The molecule has 0 radical (unpaired) electrons. The third-order valence-electron chi connectivity index (χ3n) is 2.40. The quantitative estimate of drug-likeness (QED) is 0.846. The molecule has 0 amide bonds. The van der Waals surface area contributed by atoms with E-state index in [0.717, 1.165) is 33.7 Å². The van der Waals surface area contributed by atoms with Crippen LogP contribution in [0.15, 0.2) is 24.3 Å². The van der Waals surface area contributed by atoms with Crippen LogP contribution in [0, 0.1) is 0 Å². The van der Waals surface area contributed by atoms with Gasteiger partial charge in [-0.3, -0.25) is 0 Å². The van der Waals surface area contributed by atoms with Crippen LogP contribution in [0.1, 0.15) is 23.9 Å². The van der Waals surface area contributed by atoms with Gasteiger partial charge in [0.25, 0.3) is 0 Å². The second-order valence-electron chi connectivity index (χ2n) is 4.05. The molecule has 6 heteroatoms. The fraction of sp³-hybridized carbons (Fsp3) is 0.385. The number of nitrogens with one attached hydrogen (secondary N) is 1. The van der Waals surface area contributed by atoms with Crippen LogP contribution in [0.2, 0.25) is 5.02 Å². The number of aromatic nitrogens is 2. The summed E-state index contributed by atoms with van der Waals surface area (Å²) in [4.78, 5) is 0. The Morgan fingerprint density at radius 2 is 2.00 bits per heavy atom. The first kappa shape index (κ1) is 14.2. The van der Waals surface area contributed by atoms with Crippen molar-refractivity contribution in [2.24, 2.45) is 0 Å². The molecule has 4 nitrogen and oxygen atoms in total. The molecule has 0 saturated heterocycles. The van der Waals surface area contributed by atoms with E-state index in [0.29, 0.717) is 13.2 Å². The largest absolute Gasteiger partial charge is 0.370 e. The number of ether oxygens (including phenoxy) is 1. The molecule has 102 valence electrons. The molecule has 0 bridgehead atoms. The van der Waals surface area contributed by atoms with E-state index < -0.39 is 0 Å². The zero-order valence-corrected chi connectivity index (χ0v) is 12.3. The predicted octanol–water partition coefficient (Wildman–Crippen LogP) is 3.73. The predicted molar refractivity (Wildman–Crippen MR) is 78.6 cm³/mol. The molecule has 1 aromatic heterocycles. The average molecular weight is 298 g/mol. The molecule has 2 aromatic rings. The number of rotatable bonds is 7. The molecule has 19 heavy (non-hydrogen) atoms. The maximum Gasteiger partial charge on any atom is 0.205 e. The van der Waals surface area contributed by atoms with Crippen molar-refractivity contribution in [1.29, 1.82) is 0 Å². The number of hydrogen-bond acceptors (Lipinski definition) is 5. The Labute approximate surface area is 121 Å². The first-order valence-corrected chi connectivity index (χ1v) is 7.36. The minimum atomic E-state index is 0.480. The zero-order chi connectivity index (χ0) is 13.5. The Kier molecular flexibility index (Phi) is 5.57. The Balaban J connectivity index is 1.76. The van der Waals surface area contributed by atoms with Gasteiger partial charge in [0.15, 0.2) is 0 Å². The third kappa shape index (κ3) is 4.78.